The van der Waals surface area contributed by atoms with Gasteiger partial charge in [0.1, 0.15) is 0 Å². The van der Waals surface area contributed by atoms with E-state index in [0.717, 1.165) is 25.7 Å². The van der Waals surface area contributed by atoms with Crippen LogP contribution in [-0.4, -0.2) is 0 Å². The summed E-state index contributed by atoms with van der Waals surface area (Å²) >= 11 is 0. The molecule has 100 valence electrons. The fraction of sp³-hybridized carbons (Fsp3) is 0.316. The summed E-state index contributed by atoms with van der Waals surface area (Å²) in [6.07, 6.45) is 4.01. The highest BCUT2D eigenvalue weighted by Crippen LogP contribution is 2.39. The maximum absolute atomic E-state index is 9.89. The van der Waals surface area contributed by atoms with Crippen molar-refractivity contribution in [1.29, 1.82) is 5.26 Å². The summed E-state index contributed by atoms with van der Waals surface area (Å²) in [6.45, 7) is 2.13. The van der Waals surface area contributed by atoms with Crippen LogP contribution < -0.4 is 0 Å². The topological polar surface area (TPSA) is 23.8 Å². The van der Waals surface area contributed by atoms with Gasteiger partial charge >= 0.3 is 0 Å². The van der Waals surface area contributed by atoms with Gasteiger partial charge in [-0.3, -0.25) is 0 Å². The van der Waals surface area contributed by atoms with E-state index >= 15 is 0 Å². The van der Waals surface area contributed by atoms with E-state index in [1.54, 1.807) is 0 Å². The molecular weight excluding hydrogens is 242 g/mol. The van der Waals surface area contributed by atoms with E-state index in [1.807, 2.05) is 0 Å². The molecule has 0 amide bonds. The van der Waals surface area contributed by atoms with Gasteiger partial charge in [-0.1, -0.05) is 48.5 Å². The van der Waals surface area contributed by atoms with Crippen molar-refractivity contribution < 1.29 is 0 Å². The Morgan fingerprint density at radius 1 is 1.10 bits per heavy atom. The molecule has 0 spiro atoms. The van der Waals surface area contributed by atoms with Crippen LogP contribution in [-0.2, 0) is 18.3 Å². The maximum Gasteiger partial charge on any atom is 0.0865 e. The van der Waals surface area contributed by atoms with Crippen molar-refractivity contribution in [2.24, 2.45) is 0 Å². The first-order valence-electron chi connectivity index (χ1n) is 7.29. The lowest BCUT2D eigenvalue weighted by Crippen LogP contribution is -2.32. The second kappa shape index (κ2) is 5.13. The minimum atomic E-state index is -0.346. The predicted molar refractivity (Wildman–Crippen MR) is 81.6 cm³/mol. The van der Waals surface area contributed by atoms with Gasteiger partial charge in [-0.25, -0.2) is 0 Å². The highest BCUT2D eigenvalue weighted by molar-refractivity contribution is 5.44. The standard InChI is InChI=1S/C19H19N/c1-15-7-2-3-9-17(15)13-19(14-20)12-6-10-16-8-4-5-11-18(16)19/h2-5,7-9,11H,6,10,12-13H2,1H3. The maximum atomic E-state index is 9.89. The van der Waals surface area contributed by atoms with Gasteiger partial charge in [0, 0.05) is 0 Å². The monoisotopic (exact) mass is 261 g/mol. The molecule has 1 heteroatoms. The van der Waals surface area contributed by atoms with Gasteiger partial charge in [-0.2, -0.15) is 5.26 Å². The lowest BCUT2D eigenvalue weighted by atomic mass is 9.67. The molecule has 0 saturated heterocycles. The van der Waals surface area contributed by atoms with Crippen LogP contribution >= 0.6 is 0 Å². The SMILES string of the molecule is Cc1ccccc1CC1(C#N)CCCc2ccccc21. The summed E-state index contributed by atoms with van der Waals surface area (Å²) in [6, 6.07) is 19.6. The van der Waals surface area contributed by atoms with Gasteiger partial charge in [0.05, 0.1) is 11.5 Å². The Morgan fingerprint density at radius 2 is 1.85 bits per heavy atom. The Kier molecular flexibility index (Phi) is 3.32. The summed E-state index contributed by atoms with van der Waals surface area (Å²) in [5.74, 6) is 0. The first kappa shape index (κ1) is 12.9. The number of nitrogens with zero attached hydrogens (tertiary/aromatic N) is 1. The fourth-order valence-corrected chi connectivity index (χ4v) is 3.39. The van der Waals surface area contributed by atoms with Crippen LogP contribution in [0.5, 0.6) is 0 Å². The third-order valence-electron chi connectivity index (χ3n) is 4.55. The minimum Gasteiger partial charge on any atom is -0.197 e. The van der Waals surface area contributed by atoms with Crippen LogP contribution in [0.4, 0.5) is 0 Å². The number of nitriles is 1. The molecule has 0 bridgehead atoms. The predicted octanol–water partition coefficient (Wildman–Crippen LogP) is 4.34. The number of fused-ring (bicyclic) bond motifs is 1. The molecule has 0 aromatic heterocycles. The fourth-order valence-electron chi connectivity index (χ4n) is 3.39. The Balaban J connectivity index is 2.06. The van der Waals surface area contributed by atoms with Gasteiger partial charge in [0.25, 0.3) is 0 Å². The van der Waals surface area contributed by atoms with Crippen molar-refractivity contribution in [3.63, 3.8) is 0 Å². The van der Waals surface area contributed by atoms with Crippen molar-refractivity contribution in [2.45, 2.75) is 38.0 Å². The zero-order valence-corrected chi connectivity index (χ0v) is 11.9. The van der Waals surface area contributed by atoms with E-state index in [2.05, 4.69) is 61.5 Å². The lowest BCUT2D eigenvalue weighted by Gasteiger charge is -2.34. The largest absolute Gasteiger partial charge is 0.197 e. The van der Waals surface area contributed by atoms with Crippen LogP contribution in [0.25, 0.3) is 0 Å². The molecule has 1 unspecified atom stereocenters. The van der Waals surface area contributed by atoms with Gasteiger partial charge in [0.15, 0.2) is 0 Å². The van der Waals surface area contributed by atoms with Crippen molar-refractivity contribution in [1.82, 2.24) is 0 Å². The normalized spacial score (nSPS) is 21.0. The molecule has 1 aliphatic carbocycles. The molecule has 0 N–H and O–H groups in total. The quantitative estimate of drug-likeness (QED) is 0.789. The van der Waals surface area contributed by atoms with E-state index in [4.69, 9.17) is 0 Å². The van der Waals surface area contributed by atoms with Crippen LogP contribution in [0.15, 0.2) is 48.5 Å². The highest BCUT2D eigenvalue weighted by Gasteiger charge is 2.36. The number of aryl methyl sites for hydroxylation is 2. The van der Waals surface area contributed by atoms with Crippen molar-refractivity contribution in [2.75, 3.05) is 0 Å². The zero-order chi connectivity index (χ0) is 14.0. The lowest BCUT2D eigenvalue weighted by molar-refractivity contribution is 0.449. The molecule has 0 heterocycles. The number of hydrogen-bond acceptors (Lipinski definition) is 1. The molecule has 2 aromatic carbocycles. The Bertz CT molecular complexity index is 665. The van der Waals surface area contributed by atoms with Crippen molar-refractivity contribution in [3.05, 3.63) is 70.8 Å². The van der Waals surface area contributed by atoms with E-state index in [-0.39, 0.29) is 5.41 Å². The molecule has 0 fully saturated rings. The second-order valence-electron chi connectivity index (χ2n) is 5.81. The van der Waals surface area contributed by atoms with Crippen LogP contribution in [0.2, 0.25) is 0 Å². The number of hydrogen-bond donors (Lipinski definition) is 0. The van der Waals surface area contributed by atoms with Gasteiger partial charge in [-0.05, 0) is 54.9 Å². The molecule has 2 aromatic rings. The van der Waals surface area contributed by atoms with Gasteiger partial charge in [0.2, 0.25) is 0 Å². The number of benzene rings is 2. The molecule has 20 heavy (non-hydrogen) atoms. The van der Waals surface area contributed by atoms with Crippen molar-refractivity contribution >= 4 is 0 Å². The van der Waals surface area contributed by atoms with Crippen LogP contribution in [0, 0.1) is 18.3 Å². The van der Waals surface area contributed by atoms with E-state index in [9.17, 15) is 5.26 Å². The first-order valence-corrected chi connectivity index (χ1v) is 7.29. The molecule has 1 atom stereocenters. The van der Waals surface area contributed by atoms with Crippen LogP contribution in [0.1, 0.15) is 35.1 Å². The van der Waals surface area contributed by atoms with E-state index in [1.165, 1.54) is 22.3 Å². The Hall–Kier alpha value is -2.07. The van der Waals surface area contributed by atoms with Crippen molar-refractivity contribution in [3.8, 4) is 6.07 Å². The van der Waals surface area contributed by atoms with Gasteiger partial charge in [-0.15, -0.1) is 0 Å². The summed E-state index contributed by atoms with van der Waals surface area (Å²) in [5.41, 5.74) is 4.84. The molecule has 1 aliphatic rings. The van der Waals surface area contributed by atoms with Gasteiger partial charge < -0.3 is 0 Å². The summed E-state index contributed by atoms with van der Waals surface area (Å²) in [5, 5.41) is 9.89. The molecule has 0 saturated carbocycles. The second-order valence-corrected chi connectivity index (χ2v) is 5.81. The summed E-state index contributed by atoms with van der Waals surface area (Å²) < 4.78 is 0. The summed E-state index contributed by atoms with van der Waals surface area (Å²) in [7, 11) is 0. The molecule has 1 nitrogen and oxygen atoms in total. The van der Waals surface area contributed by atoms with E-state index in [0.29, 0.717) is 0 Å². The summed E-state index contributed by atoms with van der Waals surface area (Å²) in [4.78, 5) is 0. The molecule has 3 rings (SSSR count). The number of rotatable bonds is 2. The third kappa shape index (κ3) is 2.12. The average Bonchev–Trinajstić information content (AvgIpc) is 2.50. The highest BCUT2D eigenvalue weighted by atomic mass is 14.4. The first-order chi connectivity index (χ1) is 9.75. The molecular formula is C19H19N. The minimum absolute atomic E-state index is 0.346. The molecule has 0 aliphatic heterocycles. The zero-order valence-electron chi connectivity index (χ0n) is 11.9. The van der Waals surface area contributed by atoms with E-state index < -0.39 is 0 Å². The third-order valence-corrected chi connectivity index (χ3v) is 4.55. The average molecular weight is 261 g/mol. The Labute approximate surface area is 120 Å². The smallest absolute Gasteiger partial charge is 0.0865 e. The molecule has 0 radical (unpaired) electrons. The Morgan fingerprint density at radius 3 is 2.65 bits per heavy atom. The van der Waals surface area contributed by atoms with Crippen LogP contribution in [0.3, 0.4) is 0 Å².